The summed E-state index contributed by atoms with van der Waals surface area (Å²) in [5, 5.41) is 3.18. The molecule has 1 aliphatic heterocycles. The second kappa shape index (κ2) is 10.3. The average Bonchev–Trinajstić information content (AvgIpc) is 3.32. The van der Waals surface area contributed by atoms with Gasteiger partial charge in [0.1, 0.15) is 11.4 Å². The maximum Gasteiger partial charge on any atom is 0.271 e. The number of hydrogen-bond donors (Lipinski definition) is 3. The topological polar surface area (TPSA) is 119 Å². The molecule has 0 unspecified atom stereocenters. The Morgan fingerprint density at radius 3 is 2.55 bits per heavy atom. The van der Waals surface area contributed by atoms with Crippen molar-refractivity contribution in [1.29, 1.82) is 0 Å². The average molecular weight is 447 g/mol. The zero-order valence-electron chi connectivity index (χ0n) is 18.9. The molecular weight excluding hydrogens is 416 g/mol. The Labute approximate surface area is 194 Å². The number of ether oxygens (including phenoxy) is 1. The first-order valence-electron chi connectivity index (χ1n) is 11.3. The lowest BCUT2D eigenvalue weighted by Crippen LogP contribution is -2.21. The van der Waals surface area contributed by atoms with Crippen LogP contribution in [-0.2, 0) is 12.8 Å². The number of nitrogens with zero attached hydrogens (tertiary/aromatic N) is 3. The van der Waals surface area contributed by atoms with E-state index in [1.54, 1.807) is 24.3 Å². The van der Waals surface area contributed by atoms with Crippen molar-refractivity contribution in [3.63, 3.8) is 0 Å². The highest BCUT2D eigenvalue weighted by Crippen LogP contribution is 2.28. The number of aryl methyl sites for hydroxylation is 1. The van der Waals surface area contributed by atoms with Gasteiger partial charge in [-0.2, -0.15) is 4.98 Å². The number of nitrogen functional groups attached to an aromatic ring is 1. The number of nitrogens with one attached hydrogen (secondary N) is 1. The Bertz CT molecular complexity index is 1110. The number of hydrogen-bond acceptors (Lipinski definition) is 7. The lowest BCUT2D eigenvalue weighted by atomic mass is 10.1. The van der Waals surface area contributed by atoms with Crippen molar-refractivity contribution in [2.24, 2.45) is 5.73 Å². The van der Waals surface area contributed by atoms with E-state index in [9.17, 15) is 4.79 Å². The van der Waals surface area contributed by atoms with E-state index >= 15 is 0 Å². The van der Waals surface area contributed by atoms with Crippen molar-refractivity contribution < 1.29 is 9.53 Å². The Balaban J connectivity index is 1.54. The van der Waals surface area contributed by atoms with Crippen molar-refractivity contribution in [2.45, 2.75) is 32.6 Å². The fraction of sp³-hybridized carbons (Fsp3) is 0.320. The van der Waals surface area contributed by atoms with Crippen molar-refractivity contribution in [2.75, 3.05) is 30.7 Å². The number of rotatable bonds is 9. The van der Waals surface area contributed by atoms with Crippen LogP contribution in [0.4, 0.5) is 17.2 Å². The van der Waals surface area contributed by atoms with Crippen LogP contribution in [0.5, 0.6) is 11.6 Å². The van der Waals surface area contributed by atoms with Gasteiger partial charge in [0.05, 0.1) is 0 Å². The summed E-state index contributed by atoms with van der Waals surface area (Å²) in [6.07, 6.45) is 4.13. The van der Waals surface area contributed by atoms with Crippen LogP contribution >= 0.6 is 0 Å². The van der Waals surface area contributed by atoms with Crippen LogP contribution < -0.4 is 21.5 Å². The molecule has 1 amide bonds. The molecule has 172 valence electrons. The van der Waals surface area contributed by atoms with Gasteiger partial charge in [-0.05, 0) is 68.6 Å². The van der Waals surface area contributed by atoms with E-state index < -0.39 is 5.91 Å². The molecule has 1 aliphatic rings. The minimum absolute atomic E-state index is 0.0740. The van der Waals surface area contributed by atoms with Crippen LogP contribution in [0.3, 0.4) is 0 Å². The minimum Gasteiger partial charge on any atom is -0.437 e. The number of likely N-dealkylation sites (tertiary alicyclic amines) is 1. The second-order valence-electron chi connectivity index (χ2n) is 8.19. The first-order chi connectivity index (χ1) is 16.0. The predicted molar refractivity (Wildman–Crippen MR) is 130 cm³/mol. The molecule has 0 atom stereocenters. The van der Waals surface area contributed by atoms with Gasteiger partial charge in [0, 0.05) is 24.0 Å². The van der Waals surface area contributed by atoms with Crippen molar-refractivity contribution in [3.8, 4) is 11.6 Å². The van der Waals surface area contributed by atoms with E-state index in [1.807, 2.05) is 19.1 Å². The van der Waals surface area contributed by atoms with E-state index in [2.05, 4.69) is 32.3 Å². The highest BCUT2D eigenvalue weighted by Gasteiger charge is 2.19. The summed E-state index contributed by atoms with van der Waals surface area (Å²) in [5.41, 5.74) is 14.7. The standard InChI is InChI=1S/C25H30N6O2/c1-2-21-25(33-20-7-5-6-18(26)16-20)30-24(22(29-21)23(27)32)28-19-10-8-17(9-11-19)12-15-31-13-3-4-14-31/h5-11,16H,2-4,12-15,26H2,1H3,(H2,27,32)(H,28,30). The molecule has 1 fully saturated rings. The molecule has 1 saturated heterocycles. The van der Waals surface area contributed by atoms with Crippen molar-refractivity contribution in [1.82, 2.24) is 14.9 Å². The highest BCUT2D eigenvalue weighted by atomic mass is 16.5. The summed E-state index contributed by atoms with van der Waals surface area (Å²) >= 11 is 0. The van der Waals surface area contributed by atoms with Crippen LogP contribution in [0.2, 0.25) is 0 Å². The molecule has 8 nitrogen and oxygen atoms in total. The molecule has 0 bridgehead atoms. The van der Waals surface area contributed by atoms with E-state index in [-0.39, 0.29) is 11.5 Å². The zero-order chi connectivity index (χ0) is 23.2. The van der Waals surface area contributed by atoms with E-state index in [0.29, 0.717) is 29.4 Å². The Hall–Kier alpha value is -3.65. The van der Waals surface area contributed by atoms with E-state index in [1.165, 1.54) is 31.5 Å². The number of anilines is 3. The fourth-order valence-electron chi connectivity index (χ4n) is 3.90. The van der Waals surface area contributed by atoms with E-state index in [0.717, 1.165) is 18.7 Å². The molecule has 0 aliphatic carbocycles. The lowest BCUT2D eigenvalue weighted by molar-refractivity contribution is 0.0996. The molecule has 2 aromatic carbocycles. The third-order valence-corrected chi connectivity index (χ3v) is 5.70. The van der Waals surface area contributed by atoms with Gasteiger partial charge in [-0.25, -0.2) is 4.98 Å². The van der Waals surface area contributed by atoms with Crippen molar-refractivity contribution >= 4 is 23.1 Å². The van der Waals surface area contributed by atoms with Crippen LogP contribution in [0.1, 0.15) is 41.5 Å². The summed E-state index contributed by atoms with van der Waals surface area (Å²) in [6, 6.07) is 15.2. The van der Waals surface area contributed by atoms with Crippen LogP contribution in [0.25, 0.3) is 0 Å². The van der Waals surface area contributed by atoms with Gasteiger partial charge in [-0.1, -0.05) is 25.1 Å². The number of carbonyl (C=O) groups excluding carboxylic acids is 1. The molecular formula is C25H30N6O2. The Kier molecular flexibility index (Phi) is 7.04. The molecule has 2 heterocycles. The van der Waals surface area contributed by atoms with Crippen molar-refractivity contribution in [3.05, 3.63) is 65.5 Å². The first-order valence-corrected chi connectivity index (χ1v) is 11.3. The summed E-state index contributed by atoms with van der Waals surface area (Å²) in [4.78, 5) is 23.6. The van der Waals surface area contributed by atoms with Gasteiger partial charge >= 0.3 is 0 Å². The SMILES string of the molecule is CCc1nc(C(N)=O)c(Nc2ccc(CCN3CCCC3)cc2)nc1Oc1cccc(N)c1. The van der Waals surface area contributed by atoms with Crippen LogP contribution in [0, 0.1) is 0 Å². The third kappa shape index (κ3) is 5.78. The van der Waals surface area contributed by atoms with Gasteiger partial charge in [-0.3, -0.25) is 4.79 Å². The number of primary amides is 1. The molecule has 0 saturated carbocycles. The molecule has 0 spiro atoms. The Morgan fingerprint density at radius 2 is 1.88 bits per heavy atom. The number of aromatic nitrogens is 2. The molecule has 3 aromatic rings. The largest absolute Gasteiger partial charge is 0.437 e. The molecule has 33 heavy (non-hydrogen) atoms. The molecule has 8 heteroatoms. The fourth-order valence-corrected chi connectivity index (χ4v) is 3.90. The molecule has 5 N–H and O–H groups in total. The summed E-state index contributed by atoms with van der Waals surface area (Å²) in [7, 11) is 0. The quantitative estimate of drug-likeness (QED) is 0.427. The highest BCUT2D eigenvalue weighted by molar-refractivity contribution is 5.96. The predicted octanol–water partition coefficient (Wildman–Crippen LogP) is 3.89. The lowest BCUT2D eigenvalue weighted by Gasteiger charge is -2.15. The van der Waals surface area contributed by atoms with Crippen LogP contribution in [-0.4, -0.2) is 40.4 Å². The van der Waals surface area contributed by atoms with Gasteiger partial charge < -0.3 is 26.4 Å². The summed E-state index contributed by atoms with van der Waals surface area (Å²) in [5.74, 6) is 0.442. The maximum absolute atomic E-state index is 12.1. The molecule has 4 rings (SSSR count). The van der Waals surface area contributed by atoms with Crippen LogP contribution in [0.15, 0.2) is 48.5 Å². The zero-order valence-corrected chi connectivity index (χ0v) is 18.9. The summed E-state index contributed by atoms with van der Waals surface area (Å²) < 4.78 is 5.94. The van der Waals surface area contributed by atoms with E-state index in [4.69, 9.17) is 16.2 Å². The number of amides is 1. The van der Waals surface area contributed by atoms with Gasteiger partial charge in [0.2, 0.25) is 5.88 Å². The third-order valence-electron chi connectivity index (χ3n) is 5.70. The monoisotopic (exact) mass is 446 g/mol. The maximum atomic E-state index is 12.1. The van der Waals surface area contributed by atoms with Gasteiger partial charge in [0.15, 0.2) is 11.5 Å². The number of carbonyl (C=O) groups is 1. The van der Waals surface area contributed by atoms with Gasteiger partial charge in [-0.15, -0.1) is 0 Å². The molecule has 1 aromatic heterocycles. The Morgan fingerprint density at radius 1 is 1.12 bits per heavy atom. The smallest absolute Gasteiger partial charge is 0.271 e. The minimum atomic E-state index is -0.655. The first kappa shape index (κ1) is 22.5. The summed E-state index contributed by atoms with van der Waals surface area (Å²) in [6.45, 7) is 5.38. The normalized spacial score (nSPS) is 13.7. The second-order valence-corrected chi connectivity index (χ2v) is 8.19. The number of nitrogens with two attached hydrogens (primary N) is 2. The van der Waals surface area contributed by atoms with Gasteiger partial charge in [0.25, 0.3) is 5.91 Å². The molecule has 0 radical (unpaired) electrons. The number of benzene rings is 2.